The molecular weight excluding hydrogens is 282 g/mol. The van der Waals surface area contributed by atoms with Crippen LogP contribution in [0.4, 0.5) is 5.69 Å². The molecule has 0 aliphatic carbocycles. The van der Waals surface area contributed by atoms with Crippen molar-refractivity contribution in [3.05, 3.63) is 43.0 Å². The molecule has 1 atom stereocenters. The highest BCUT2D eigenvalue weighted by Crippen LogP contribution is 2.14. The first-order valence-corrected chi connectivity index (χ1v) is 7.29. The van der Waals surface area contributed by atoms with Crippen molar-refractivity contribution in [1.82, 2.24) is 9.55 Å². The first-order chi connectivity index (χ1) is 10.7. The van der Waals surface area contributed by atoms with Crippen molar-refractivity contribution in [2.24, 2.45) is 0 Å². The molecule has 0 radical (unpaired) electrons. The second-order valence-corrected chi connectivity index (χ2v) is 4.72. The van der Waals surface area contributed by atoms with Crippen LogP contribution >= 0.6 is 0 Å². The molecular formula is C16H21N3O3. The standard InChI is InChI=1S/C16H21N3O3/c1-3-21-9-10-22-13(2)16(20)18-14-5-4-6-15(11-14)19-8-7-17-12-19/h4-8,11-13H,3,9-10H2,1-2H3,(H,18,20)/t13-/m1/s1. The van der Waals surface area contributed by atoms with Crippen molar-refractivity contribution in [1.29, 1.82) is 0 Å². The molecule has 0 saturated carbocycles. The highest BCUT2D eigenvalue weighted by Gasteiger charge is 2.13. The second kappa shape index (κ2) is 8.31. The summed E-state index contributed by atoms with van der Waals surface area (Å²) < 4.78 is 12.5. The van der Waals surface area contributed by atoms with Crippen LogP contribution in [-0.2, 0) is 14.3 Å². The van der Waals surface area contributed by atoms with Crippen molar-refractivity contribution in [3.63, 3.8) is 0 Å². The molecule has 0 fully saturated rings. The van der Waals surface area contributed by atoms with Gasteiger partial charge in [0, 0.05) is 30.4 Å². The summed E-state index contributed by atoms with van der Waals surface area (Å²) in [6.45, 7) is 5.18. The van der Waals surface area contributed by atoms with Crippen LogP contribution in [0, 0.1) is 0 Å². The van der Waals surface area contributed by atoms with Gasteiger partial charge in [-0.05, 0) is 32.0 Å². The van der Waals surface area contributed by atoms with Gasteiger partial charge in [0.05, 0.1) is 19.5 Å². The Morgan fingerprint density at radius 1 is 1.41 bits per heavy atom. The van der Waals surface area contributed by atoms with Gasteiger partial charge in [-0.25, -0.2) is 4.98 Å². The molecule has 2 rings (SSSR count). The van der Waals surface area contributed by atoms with Gasteiger partial charge in [0.25, 0.3) is 5.91 Å². The van der Waals surface area contributed by atoms with Crippen LogP contribution in [0.1, 0.15) is 13.8 Å². The van der Waals surface area contributed by atoms with E-state index in [0.717, 1.165) is 11.4 Å². The molecule has 22 heavy (non-hydrogen) atoms. The van der Waals surface area contributed by atoms with E-state index in [2.05, 4.69) is 10.3 Å². The SMILES string of the molecule is CCOCCO[C@H](C)C(=O)Nc1cccc(-n2ccnc2)c1. The maximum Gasteiger partial charge on any atom is 0.253 e. The van der Waals surface area contributed by atoms with Crippen molar-refractivity contribution in [2.45, 2.75) is 20.0 Å². The molecule has 1 aromatic carbocycles. The molecule has 0 unspecified atom stereocenters. The van der Waals surface area contributed by atoms with Crippen LogP contribution in [0.3, 0.4) is 0 Å². The van der Waals surface area contributed by atoms with E-state index < -0.39 is 6.10 Å². The Bertz CT molecular complexity index is 584. The number of imidazole rings is 1. The highest BCUT2D eigenvalue weighted by molar-refractivity contribution is 5.94. The molecule has 1 heterocycles. The van der Waals surface area contributed by atoms with Gasteiger partial charge in [-0.3, -0.25) is 4.79 Å². The van der Waals surface area contributed by atoms with Gasteiger partial charge in [-0.1, -0.05) is 6.07 Å². The van der Waals surface area contributed by atoms with E-state index >= 15 is 0 Å². The van der Waals surface area contributed by atoms with Crippen LogP contribution < -0.4 is 5.32 Å². The van der Waals surface area contributed by atoms with Gasteiger partial charge in [0.1, 0.15) is 6.10 Å². The van der Waals surface area contributed by atoms with Crippen LogP contribution in [0.25, 0.3) is 5.69 Å². The summed E-state index contributed by atoms with van der Waals surface area (Å²) in [6.07, 6.45) is 4.73. The van der Waals surface area contributed by atoms with Crippen molar-refractivity contribution < 1.29 is 14.3 Å². The van der Waals surface area contributed by atoms with E-state index in [1.807, 2.05) is 42.0 Å². The summed E-state index contributed by atoms with van der Waals surface area (Å²) in [5.41, 5.74) is 1.65. The molecule has 2 aromatic rings. The number of benzene rings is 1. The lowest BCUT2D eigenvalue weighted by Crippen LogP contribution is -2.28. The number of amides is 1. The number of hydrogen-bond donors (Lipinski definition) is 1. The third-order valence-electron chi connectivity index (χ3n) is 3.09. The van der Waals surface area contributed by atoms with Crippen molar-refractivity contribution in [2.75, 3.05) is 25.1 Å². The zero-order valence-corrected chi connectivity index (χ0v) is 12.9. The first kappa shape index (κ1) is 16.2. The average molecular weight is 303 g/mol. The molecule has 1 amide bonds. The predicted octanol–water partition coefficient (Wildman–Crippen LogP) is 2.25. The Morgan fingerprint density at radius 3 is 3.00 bits per heavy atom. The molecule has 0 aliphatic rings. The number of anilines is 1. The zero-order valence-electron chi connectivity index (χ0n) is 12.9. The van der Waals surface area contributed by atoms with E-state index in [9.17, 15) is 4.79 Å². The largest absolute Gasteiger partial charge is 0.379 e. The molecule has 6 nitrogen and oxygen atoms in total. The maximum absolute atomic E-state index is 12.1. The molecule has 1 N–H and O–H groups in total. The lowest BCUT2D eigenvalue weighted by molar-refractivity contribution is -0.127. The van der Waals surface area contributed by atoms with Crippen LogP contribution in [0.2, 0.25) is 0 Å². The number of carbonyl (C=O) groups is 1. The average Bonchev–Trinajstić information content (AvgIpc) is 3.06. The molecule has 0 spiro atoms. The molecule has 0 saturated heterocycles. The van der Waals surface area contributed by atoms with Gasteiger partial charge in [-0.2, -0.15) is 0 Å². The third-order valence-corrected chi connectivity index (χ3v) is 3.09. The van der Waals surface area contributed by atoms with Gasteiger partial charge >= 0.3 is 0 Å². The van der Waals surface area contributed by atoms with Crippen molar-refractivity contribution >= 4 is 11.6 Å². The summed E-state index contributed by atoms with van der Waals surface area (Å²) in [6, 6.07) is 7.54. The molecule has 6 heteroatoms. The molecule has 118 valence electrons. The number of nitrogens with one attached hydrogen (secondary N) is 1. The lowest BCUT2D eigenvalue weighted by Gasteiger charge is -2.14. The summed E-state index contributed by atoms with van der Waals surface area (Å²) in [5.74, 6) is -0.181. The van der Waals surface area contributed by atoms with Crippen LogP contribution in [-0.4, -0.2) is 41.4 Å². The van der Waals surface area contributed by atoms with E-state index in [-0.39, 0.29) is 5.91 Å². The minimum atomic E-state index is -0.530. The Balaban J connectivity index is 1.90. The maximum atomic E-state index is 12.1. The number of ether oxygens (including phenoxy) is 2. The molecule has 1 aromatic heterocycles. The van der Waals surface area contributed by atoms with E-state index in [1.165, 1.54) is 0 Å². The quantitative estimate of drug-likeness (QED) is 0.760. The third kappa shape index (κ3) is 4.68. The van der Waals surface area contributed by atoms with Crippen molar-refractivity contribution in [3.8, 4) is 5.69 Å². The normalized spacial score (nSPS) is 12.1. The summed E-state index contributed by atoms with van der Waals surface area (Å²) in [7, 11) is 0. The predicted molar refractivity (Wildman–Crippen MR) is 84.1 cm³/mol. The number of hydrogen-bond acceptors (Lipinski definition) is 4. The first-order valence-electron chi connectivity index (χ1n) is 7.29. The van der Waals surface area contributed by atoms with Gasteiger partial charge in [0.15, 0.2) is 0 Å². The van der Waals surface area contributed by atoms with Gasteiger partial charge in [-0.15, -0.1) is 0 Å². The van der Waals surface area contributed by atoms with Crippen LogP contribution in [0.15, 0.2) is 43.0 Å². The number of aromatic nitrogens is 2. The summed E-state index contributed by atoms with van der Waals surface area (Å²) in [4.78, 5) is 16.1. The monoisotopic (exact) mass is 303 g/mol. The smallest absolute Gasteiger partial charge is 0.253 e. The fraction of sp³-hybridized carbons (Fsp3) is 0.375. The topological polar surface area (TPSA) is 65.4 Å². The molecule has 0 aliphatic heterocycles. The Labute approximate surface area is 130 Å². The van der Waals surface area contributed by atoms with Gasteiger partial charge < -0.3 is 19.4 Å². The summed E-state index contributed by atoms with van der Waals surface area (Å²) >= 11 is 0. The minimum absolute atomic E-state index is 0.181. The highest BCUT2D eigenvalue weighted by atomic mass is 16.5. The number of nitrogens with zero attached hydrogens (tertiary/aromatic N) is 2. The van der Waals surface area contributed by atoms with Gasteiger partial charge in [0.2, 0.25) is 0 Å². The number of carbonyl (C=O) groups excluding carboxylic acids is 1. The van der Waals surface area contributed by atoms with Crippen LogP contribution in [0.5, 0.6) is 0 Å². The lowest BCUT2D eigenvalue weighted by atomic mass is 10.2. The summed E-state index contributed by atoms with van der Waals surface area (Å²) in [5, 5.41) is 2.85. The van der Waals surface area contributed by atoms with E-state index in [4.69, 9.17) is 9.47 Å². The van der Waals surface area contributed by atoms with E-state index in [0.29, 0.717) is 19.8 Å². The Kier molecular flexibility index (Phi) is 6.12. The number of rotatable bonds is 8. The second-order valence-electron chi connectivity index (χ2n) is 4.72. The zero-order chi connectivity index (χ0) is 15.8. The Hall–Kier alpha value is -2.18. The molecule has 0 bridgehead atoms. The van der Waals surface area contributed by atoms with E-state index in [1.54, 1.807) is 19.4 Å². The Morgan fingerprint density at radius 2 is 2.27 bits per heavy atom. The fourth-order valence-electron chi connectivity index (χ4n) is 1.90. The minimum Gasteiger partial charge on any atom is -0.379 e. The fourth-order valence-corrected chi connectivity index (χ4v) is 1.90.